The van der Waals surface area contributed by atoms with Gasteiger partial charge in [0.1, 0.15) is 0 Å². The van der Waals surface area contributed by atoms with Crippen molar-refractivity contribution in [3.05, 3.63) is 12.7 Å². The molecule has 0 unspecified atom stereocenters. The van der Waals surface area contributed by atoms with Crippen molar-refractivity contribution >= 4 is 12.0 Å². The Morgan fingerprint density at radius 3 is 2.70 bits per heavy atom. The van der Waals surface area contributed by atoms with Crippen molar-refractivity contribution in [1.29, 1.82) is 5.41 Å². The fourth-order valence-electron chi connectivity index (χ4n) is 0.660. The summed E-state index contributed by atoms with van der Waals surface area (Å²) < 4.78 is 0. The highest BCUT2D eigenvalue weighted by Crippen LogP contribution is 1.99. The number of Topliss-reactive ketones (excluding diaryl/α,β-unsaturated/α-hetero) is 1. The van der Waals surface area contributed by atoms with Gasteiger partial charge in [0.15, 0.2) is 5.78 Å². The van der Waals surface area contributed by atoms with Crippen LogP contribution < -0.4 is 0 Å². The smallest absolute Gasteiger partial charge is 0.173 e. The molecule has 2 nitrogen and oxygen atoms in total. The number of unbranched alkanes of at least 4 members (excludes halogenated alkanes) is 2. The summed E-state index contributed by atoms with van der Waals surface area (Å²) in [5.41, 5.74) is 0. The van der Waals surface area contributed by atoms with Crippen LogP contribution in [0.1, 0.15) is 25.7 Å². The standard InChI is InChI=1S/C8H13NO/c1-2-3-4-5-6-8(10)7-9/h2,7,9H,1,3-6H2. The number of carbonyl (C=O) groups is 1. The molecular formula is C8H13NO. The molecule has 0 spiro atoms. The molecule has 0 rings (SSSR count). The van der Waals surface area contributed by atoms with E-state index in [9.17, 15) is 4.79 Å². The second-order valence-electron chi connectivity index (χ2n) is 2.15. The van der Waals surface area contributed by atoms with Gasteiger partial charge in [-0.2, -0.15) is 0 Å². The van der Waals surface area contributed by atoms with E-state index in [1.54, 1.807) is 0 Å². The van der Waals surface area contributed by atoms with Crippen LogP contribution in [0.25, 0.3) is 0 Å². The van der Waals surface area contributed by atoms with E-state index in [1.807, 2.05) is 6.08 Å². The van der Waals surface area contributed by atoms with Gasteiger partial charge in [-0.1, -0.05) is 6.08 Å². The van der Waals surface area contributed by atoms with Crippen molar-refractivity contribution in [2.75, 3.05) is 0 Å². The van der Waals surface area contributed by atoms with Gasteiger partial charge in [-0.05, 0) is 19.3 Å². The monoisotopic (exact) mass is 139 g/mol. The molecule has 0 amide bonds. The zero-order valence-electron chi connectivity index (χ0n) is 6.10. The van der Waals surface area contributed by atoms with E-state index in [0.717, 1.165) is 25.5 Å². The minimum absolute atomic E-state index is 0.0796. The molecule has 0 heterocycles. The molecule has 0 aliphatic carbocycles. The maximum absolute atomic E-state index is 10.5. The van der Waals surface area contributed by atoms with Gasteiger partial charge >= 0.3 is 0 Å². The van der Waals surface area contributed by atoms with E-state index in [4.69, 9.17) is 5.41 Å². The highest BCUT2D eigenvalue weighted by molar-refractivity contribution is 6.26. The van der Waals surface area contributed by atoms with Gasteiger partial charge in [0.2, 0.25) is 0 Å². The third kappa shape index (κ3) is 5.22. The molecule has 0 radical (unpaired) electrons. The predicted octanol–water partition coefficient (Wildman–Crippen LogP) is 1.95. The van der Waals surface area contributed by atoms with Crippen LogP contribution in [-0.2, 0) is 4.79 Å². The molecule has 56 valence electrons. The second kappa shape index (κ2) is 6.20. The Labute approximate surface area is 61.5 Å². The molecule has 0 saturated carbocycles. The zero-order valence-corrected chi connectivity index (χ0v) is 6.10. The first-order valence-corrected chi connectivity index (χ1v) is 3.45. The molecule has 0 aliphatic heterocycles. The number of hydrogen-bond donors (Lipinski definition) is 1. The largest absolute Gasteiger partial charge is 0.305 e. The fourth-order valence-corrected chi connectivity index (χ4v) is 0.660. The van der Waals surface area contributed by atoms with Crippen molar-refractivity contribution in [3.63, 3.8) is 0 Å². The summed E-state index contributed by atoms with van der Waals surface area (Å²) in [6, 6.07) is 0. The number of carbonyl (C=O) groups excluding carboxylic acids is 1. The van der Waals surface area contributed by atoms with Gasteiger partial charge in [0, 0.05) is 6.42 Å². The number of ketones is 1. The summed E-state index contributed by atoms with van der Waals surface area (Å²) in [6.07, 6.45) is 6.08. The summed E-state index contributed by atoms with van der Waals surface area (Å²) in [7, 11) is 0. The lowest BCUT2D eigenvalue weighted by molar-refractivity contribution is -0.112. The van der Waals surface area contributed by atoms with Crippen LogP contribution in [0.15, 0.2) is 12.7 Å². The van der Waals surface area contributed by atoms with Crippen molar-refractivity contribution in [3.8, 4) is 0 Å². The van der Waals surface area contributed by atoms with Gasteiger partial charge in [0.05, 0.1) is 6.21 Å². The number of rotatable bonds is 6. The molecule has 2 heteroatoms. The van der Waals surface area contributed by atoms with Gasteiger partial charge in [0.25, 0.3) is 0 Å². The predicted molar refractivity (Wildman–Crippen MR) is 42.5 cm³/mol. The van der Waals surface area contributed by atoms with Crippen molar-refractivity contribution in [1.82, 2.24) is 0 Å². The van der Waals surface area contributed by atoms with Crippen LogP contribution in [0.5, 0.6) is 0 Å². The minimum Gasteiger partial charge on any atom is -0.305 e. The van der Waals surface area contributed by atoms with E-state index in [1.165, 1.54) is 0 Å². The summed E-state index contributed by atoms with van der Waals surface area (Å²) in [6.45, 7) is 3.57. The van der Waals surface area contributed by atoms with Gasteiger partial charge in [-0.25, -0.2) is 0 Å². The number of allylic oxidation sites excluding steroid dienone is 1. The highest BCUT2D eigenvalue weighted by Gasteiger charge is 1.94. The Bertz CT molecular complexity index is 129. The van der Waals surface area contributed by atoms with Crippen LogP contribution in [-0.4, -0.2) is 12.0 Å². The third-order valence-electron chi connectivity index (χ3n) is 1.24. The molecule has 0 aromatic heterocycles. The van der Waals surface area contributed by atoms with Crippen molar-refractivity contribution < 1.29 is 4.79 Å². The zero-order chi connectivity index (χ0) is 7.82. The van der Waals surface area contributed by atoms with Crippen LogP contribution >= 0.6 is 0 Å². The molecule has 0 atom stereocenters. The lowest BCUT2D eigenvalue weighted by Crippen LogP contribution is -1.96. The lowest BCUT2D eigenvalue weighted by Gasteiger charge is -1.92. The third-order valence-corrected chi connectivity index (χ3v) is 1.24. The van der Waals surface area contributed by atoms with E-state index in [2.05, 4.69) is 6.58 Å². The molecule has 0 saturated heterocycles. The average Bonchev–Trinajstić information content (AvgIpc) is 1.98. The first-order valence-electron chi connectivity index (χ1n) is 3.45. The number of hydrogen-bond acceptors (Lipinski definition) is 2. The molecule has 0 bridgehead atoms. The van der Waals surface area contributed by atoms with Crippen LogP contribution in [0.2, 0.25) is 0 Å². The van der Waals surface area contributed by atoms with Crippen molar-refractivity contribution in [2.24, 2.45) is 0 Å². The maximum Gasteiger partial charge on any atom is 0.173 e. The quantitative estimate of drug-likeness (QED) is 0.341. The summed E-state index contributed by atoms with van der Waals surface area (Å²) in [5, 5.41) is 6.59. The first kappa shape index (κ1) is 9.08. The van der Waals surface area contributed by atoms with E-state index in [0.29, 0.717) is 6.42 Å². The normalized spacial score (nSPS) is 8.80. The SMILES string of the molecule is C=CCCCCC(=O)C=N. The van der Waals surface area contributed by atoms with Crippen molar-refractivity contribution in [2.45, 2.75) is 25.7 Å². The lowest BCUT2D eigenvalue weighted by atomic mass is 10.1. The van der Waals surface area contributed by atoms with Gasteiger partial charge in [-0.3, -0.25) is 4.79 Å². The molecule has 10 heavy (non-hydrogen) atoms. The van der Waals surface area contributed by atoms with Gasteiger partial charge < -0.3 is 5.41 Å². The molecule has 0 aliphatic rings. The summed E-state index contributed by atoms with van der Waals surface area (Å²) in [5.74, 6) is -0.0796. The van der Waals surface area contributed by atoms with E-state index in [-0.39, 0.29) is 5.78 Å². The maximum atomic E-state index is 10.5. The van der Waals surface area contributed by atoms with E-state index < -0.39 is 0 Å². The summed E-state index contributed by atoms with van der Waals surface area (Å²) >= 11 is 0. The Morgan fingerprint density at radius 2 is 2.20 bits per heavy atom. The highest BCUT2D eigenvalue weighted by atomic mass is 16.1. The Morgan fingerprint density at radius 1 is 1.50 bits per heavy atom. The second-order valence-corrected chi connectivity index (χ2v) is 2.15. The van der Waals surface area contributed by atoms with Crippen LogP contribution in [0.4, 0.5) is 0 Å². The average molecular weight is 139 g/mol. The molecule has 0 aromatic carbocycles. The van der Waals surface area contributed by atoms with Crippen LogP contribution in [0, 0.1) is 5.41 Å². The molecular weight excluding hydrogens is 126 g/mol. The molecule has 0 aromatic rings. The number of nitrogens with one attached hydrogen (secondary N) is 1. The first-order chi connectivity index (χ1) is 4.81. The molecule has 0 fully saturated rings. The minimum atomic E-state index is -0.0796. The summed E-state index contributed by atoms with van der Waals surface area (Å²) in [4.78, 5) is 10.5. The molecule has 1 N–H and O–H groups in total. The van der Waals surface area contributed by atoms with Gasteiger partial charge in [-0.15, -0.1) is 6.58 Å². The fraction of sp³-hybridized carbons (Fsp3) is 0.500. The Balaban J connectivity index is 3.11. The Hall–Kier alpha value is -0.920. The topological polar surface area (TPSA) is 40.9 Å². The van der Waals surface area contributed by atoms with E-state index >= 15 is 0 Å². The van der Waals surface area contributed by atoms with Crippen LogP contribution in [0.3, 0.4) is 0 Å². The Kier molecular flexibility index (Phi) is 5.63.